The van der Waals surface area contributed by atoms with Crippen LogP contribution in [-0.2, 0) is 0 Å². The molecule has 1 amide bonds. The molecule has 0 radical (unpaired) electrons. The Morgan fingerprint density at radius 1 is 1.40 bits per heavy atom. The quantitative estimate of drug-likeness (QED) is 0.731. The first-order chi connectivity index (χ1) is 7.09. The van der Waals surface area contributed by atoms with Gasteiger partial charge < -0.3 is 11.1 Å². The molecule has 1 aromatic carbocycles. The van der Waals surface area contributed by atoms with E-state index in [9.17, 15) is 4.79 Å². The maximum absolute atomic E-state index is 10.5. The molecule has 3 heteroatoms. The van der Waals surface area contributed by atoms with Gasteiger partial charge in [-0.15, -0.1) is 0 Å². The maximum Gasteiger partial charge on any atom is 0.248 e. The molecule has 0 aliphatic carbocycles. The van der Waals surface area contributed by atoms with Gasteiger partial charge in [0.1, 0.15) is 0 Å². The average Bonchev–Trinajstić information content (AvgIpc) is 2.16. The molecule has 1 atom stereocenters. The van der Waals surface area contributed by atoms with E-state index >= 15 is 0 Å². The fourth-order valence-electron chi connectivity index (χ4n) is 1.15. The third-order valence-corrected chi connectivity index (χ3v) is 2.41. The van der Waals surface area contributed by atoms with Crippen LogP contribution in [0.2, 0.25) is 0 Å². The minimum absolute atomic E-state index is 0.375. The van der Waals surface area contributed by atoms with Crippen molar-refractivity contribution in [1.82, 2.24) is 5.32 Å². The monoisotopic (exact) mass is 206 g/mol. The summed E-state index contributed by atoms with van der Waals surface area (Å²) in [6.07, 6.45) is 1.38. The summed E-state index contributed by atoms with van der Waals surface area (Å²) < 4.78 is 0. The lowest BCUT2D eigenvalue weighted by Gasteiger charge is -2.22. The Bertz CT molecular complexity index is 315. The van der Waals surface area contributed by atoms with Crippen molar-refractivity contribution in [2.45, 2.75) is 26.3 Å². The summed E-state index contributed by atoms with van der Waals surface area (Å²) in [5.41, 5.74) is 6.72. The van der Waals surface area contributed by atoms with Crippen molar-refractivity contribution < 1.29 is 4.79 Å². The lowest BCUT2D eigenvalue weighted by Crippen LogP contribution is -2.39. The number of nitrogens with two attached hydrogens (primary N) is 1. The zero-order valence-electron chi connectivity index (χ0n) is 9.29. The molecule has 15 heavy (non-hydrogen) atoms. The topological polar surface area (TPSA) is 55.1 Å². The third kappa shape index (κ3) is 4.13. The number of hydrogen-bond donors (Lipinski definition) is 2. The number of primary amides is 1. The van der Waals surface area contributed by atoms with Crippen molar-refractivity contribution in [3.05, 3.63) is 35.4 Å². The Morgan fingerprint density at radius 3 is 2.13 bits per heavy atom. The van der Waals surface area contributed by atoms with E-state index < -0.39 is 0 Å². The number of aryl methyl sites for hydroxylation is 1. The van der Waals surface area contributed by atoms with Gasteiger partial charge in [-0.3, -0.25) is 4.79 Å². The van der Waals surface area contributed by atoms with Crippen LogP contribution < -0.4 is 11.1 Å². The SMILES string of the molecule is CC1CCN1.Cc1ccc(C(N)=O)cc1. The lowest BCUT2D eigenvalue weighted by atomic mass is 10.1. The fraction of sp³-hybridized carbons (Fsp3) is 0.417. The van der Waals surface area contributed by atoms with Crippen molar-refractivity contribution in [2.75, 3.05) is 6.54 Å². The van der Waals surface area contributed by atoms with Gasteiger partial charge >= 0.3 is 0 Å². The van der Waals surface area contributed by atoms with Crippen LogP contribution in [0.5, 0.6) is 0 Å². The Hall–Kier alpha value is -1.35. The van der Waals surface area contributed by atoms with Crippen LogP contribution >= 0.6 is 0 Å². The molecule has 3 nitrogen and oxygen atoms in total. The van der Waals surface area contributed by atoms with Gasteiger partial charge in [0.25, 0.3) is 0 Å². The summed E-state index contributed by atoms with van der Waals surface area (Å²) in [4.78, 5) is 10.5. The molecule has 1 aliphatic heterocycles. The molecule has 3 N–H and O–H groups in total. The maximum atomic E-state index is 10.5. The highest BCUT2D eigenvalue weighted by Crippen LogP contribution is 2.00. The highest BCUT2D eigenvalue weighted by molar-refractivity contribution is 5.92. The van der Waals surface area contributed by atoms with E-state index in [2.05, 4.69) is 12.2 Å². The van der Waals surface area contributed by atoms with Crippen molar-refractivity contribution in [3.63, 3.8) is 0 Å². The molecule has 0 aromatic heterocycles. The van der Waals surface area contributed by atoms with Crippen LogP contribution in [0.15, 0.2) is 24.3 Å². The van der Waals surface area contributed by atoms with E-state index in [1.54, 1.807) is 12.1 Å². The van der Waals surface area contributed by atoms with Gasteiger partial charge in [-0.25, -0.2) is 0 Å². The summed E-state index contributed by atoms with van der Waals surface area (Å²) in [5.74, 6) is -0.375. The number of hydrogen-bond acceptors (Lipinski definition) is 2. The van der Waals surface area contributed by atoms with Gasteiger partial charge in [-0.2, -0.15) is 0 Å². The predicted octanol–water partition coefficient (Wildman–Crippen LogP) is 1.46. The largest absolute Gasteiger partial charge is 0.366 e. The molecular formula is C12H18N2O. The van der Waals surface area contributed by atoms with Crippen LogP contribution in [0, 0.1) is 6.92 Å². The fourth-order valence-corrected chi connectivity index (χ4v) is 1.15. The molecule has 0 bridgehead atoms. The van der Waals surface area contributed by atoms with Gasteiger partial charge in [0.2, 0.25) is 5.91 Å². The Morgan fingerprint density at radius 2 is 1.87 bits per heavy atom. The van der Waals surface area contributed by atoms with E-state index in [1.807, 2.05) is 19.1 Å². The first-order valence-corrected chi connectivity index (χ1v) is 5.19. The second-order valence-corrected chi connectivity index (χ2v) is 3.87. The lowest BCUT2D eigenvalue weighted by molar-refractivity contribution is 0.100. The van der Waals surface area contributed by atoms with Crippen molar-refractivity contribution in [2.24, 2.45) is 5.73 Å². The molecule has 1 aromatic rings. The highest BCUT2D eigenvalue weighted by atomic mass is 16.1. The van der Waals surface area contributed by atoms with Gasteiger partial charge in [0.15, 0.2) is 0 Å². The first kappa shape index (κ1) is 11.7. The number of carbonyl (C=O) groups is 1. The second kappa shape index (κ2) is 5.51. The number of nitrogens with one attached hydrogen (secondary N) is 1. The van der Waals surface area contributed by atoms with Gasteiger partial charge in [0.05, 0.1) is 0 Å². The first-order valence-electron chi connectivity index (χ1n) is 5.19. The summed E-state index contributed by atoms with van der Waals surface area (Å²) in [6.45, 7) is 5.40. The van der Waals surface area contributed by atoms with E-state index in [4.69, 9.17) is 5.73 Å². The van der Waals surface area contributed by atoms with E-state index in [-0.39, 0.29) is 5.91 Å². The van der Waals surface area contributed by atoms with Gasteiger partial charge in [-0.1, -0.05) is 17.7 Å². The summed E-state index contributed by atoms with van der Waals surface area (Å²) in [5, 5.41) is 3.21. The minimum Gasteiger partial charge on any atom is -0.366 e. The number of rotatable bonds is 1. The molecule has 1 fully saturated rings. The Labute approximate surface area is 90.7 Å². The van der Waals surface area contributed by atoms with Crippen molar-refractivity contribution >= 4 is 5.91 Å². The molecule has 82 valence electrons. The number of amides is 1. The summed E-state index contributed by atoms with van der Waals surface area (Å²) >= 11 is 0. The molecule has 2 rings (SSSR count). The zero-order valence-corrected chi connectivity index (χ0v) is 9.29. The van der Waals surface area contributed by atoms with E-state index in [0.29, 0.717) is 5.56 Å². The number of carbonyl (C=O) groups excluding carboxylic acids is 1. The Kier molecular flexibility index (Phi) is 4.31. The highest BCUT2D eigenvalue weighted by Gasteiger charge is 2.07. The van der Waals surface area contributed by atoms with Crippen molar-refractivity contribution in [3.8, 4) is 0 Å². The third-order valence-electron chi connectivity index (χ3n) is 2.41. The van der Waals surface area contributed by atoms with Crippen LogP contribution in [0.25, 0.3) is 0 Å². The molecule has 1 unspecified atom stereocenters. The summed E-state index contributed by atoms with van der Waals surface area (Å²) in [6, 6.07) is 7.98. The molecule has 0 saturated carbocycles. The smallest absolute Gasteiger partial charge is 0.248 e. The Balaban J connectivity index is 0.000000187. The van der Waals surface area contributed by atoms with Crippen LogP contribution in [-0.4, -0.2) is 18.5 Å². The normalized spacial score (nSPS) is 18.4. The van der Waals surface area contributed by atoms with Crippen LogP contribution in [0.4, 0.5) is 0 Å². The van der Waals surface area contributed by atoms with Gasteiger partial charge in [0, 0.05) is 11.6 Å². The molecule has 1 saturated heterocycles. The summed E-state index contributed by atoms with van der Waals surface area (Å²) in [7, 11) is 0. The second-order valence-electron chi connectivity index (χ2n) is 3.87. The molecule has 1 heterocycles. The average molecular weight is 206 g/mol. The molecular weight excluding hydrogens is 188 g/mol. The minimum atomic E-state index is -0.375. The zero-order chi connectivity index (χ0) is 11.3. The molecule has 0 spiro atoms. The molecule has 1 aliphatic rings. The number of benzene rings is 1. The van der Waals surface area contributed by atoms with Crippen molar-refractivity contribution in [1.29, 1.82) is 0 Å². The van der Waals surface area contributed by atoms with Gasteiger partial charge in [-0.05, 0) is 38.9 Å². The van der Waals surface area contributed by atoms with E-state index in [0.717, 1.165) is 11.6 Å². The standard InChI is InChI=1S/C8H9NO.C4H9N/c1-6-2-4-7(5-3-6)8(9)10;1-4-2-3-5-4/h2-5H,1H3,(H2,9,10);4-5H,2-3H2,1H3. The van der Waals surface area contributed by atoms with Crippen LogP contribution in [0.3, 0.4) is 0 Å². The predicted molar refractivity (Wildman–Crippen MR) is 61.8 cm³/mol. The van der Waals surface area contributed by atoms with Crippen LogP contribution in [0.1, 0.15) is 29.3 Å². The van der Waals surface area contributed by atoms with E-state index in [1.165, 1.54) is 13.0 Å².